The van der Waals surface area contributed by atoms with Gasteiger partial charge >= 0.3 is 0 Å². The summed E-state index contributed by atoms with van der Waals surface area (Å²) in [6.07, 6.45) is 4.72. The predicted molar refractivity (Wildman–Crippen MR) is 70.9 cm³/mol. The molecule has 0 aliphatic carbocycles. The van der Waals surface area contributed by atoms with Crippen LogP contribution in [0.5, 0.6) is 0 Å². The van der Waals surface area contributed by atoms with Crippen molar-refractivity contribution in [3.8, 4) is 0 Å². The third-order valence-corrected chi connectivity index (χ3v) is 3.79. The summed E-state index contributed by atoms with van der Waals surface area (Å²) in [4.78, 5) is 4.48. The summed E-state index contributed by atoms with van der Waals surface area (Å²) in [5, 5.41) is 6.81. The molecule has 0 saturated carbocycles. The van der Waals surface area contributed by atoms with E-state index in [1.165, 1.54) is 24.3 Å². The van der Waals surface area contributed by atoms with Crippen LogP contribution in [0.3, 0.4) is 0 Å². The van der Waals surface area contributed by atoms with Gasteiger partial charge in [0.15, 0.2) is 0 Å². The summed E-state index contributed by atoms with van der Waals surface area (Å²) in [6, 6.07) is 0.393. The fraction of sp³-hybridized carbons (Fsp3) is 0.727. The fourth-order valence-electron chi connectivity index (χ4n) is 1.37. The third kappa shape index (κ3) is 5.00. The van der Waals surface area contributed by atoms with Crippen molar-refractivity contribution in [3.05, 3.63) is 16.1 Å². The van der Waals surface area contributed by atoms with Crippen LogP contribution in [-0.4, -0.2) is 23.5 Å². The molecule has 2 nitrogen and oxygen atoms in total. The molecule has 1 rings (SSSR count). The number of nitrogens with zero attached hydrogens (tertiary/aromatic N) is 1. The number of aromatic nitrogens is 1. The molecule has 1 aromatic heterocycles. The average molecular weight is 244 g/mol. The highest BCUT2D eigenvalue weighted by Gasteiger charge is 2.06. The third-order valence-electron chi connectivity index (χ3n) is 2.31. The SMILES string of the molecule is CSCCCCNC(C)c1csc(C)n1. The Hall–Kier alpha value is -0.0600. The van der Waals surface area contributed by atoms with E-state index in [2.05, 4.69) is 35.8 Å². The molecule has 1 heterocycles. The van der Waals surface area contributed by atoms with Crippen LogP contribution >= 0.6 is 23.1 Å². The van der Waals surface area contributed by atoms with Crippen LogP contribution in [0.25, 0.3) is 0 Å². The molecule has 0 aromatic carbocycles. The molecule has 1 N–H and O–H groups in total. The minimum Gasteiger partial charge on any atom is -0.309 e. The lowest BCUT2D eigenvalue weighted by Gasteiger charge is -2.10. The molecule has 0 aliphatic rings. The standard InChI is InChI=1S/C11H20N2S2/c1-9(11-8-15-10(2)13-11)12-6-4-5-7-14-3/h8-9,12H,4-7H2,1-3H3. The maximum absolute atomic E-state index is 4.48. The number of hydrogen-bond acceptors (Lipinski definition) is 4. The zero-order valence-electron chi connectivity index (χ0n) is 9.75. The normalized spacial score (nSPS) is 13.0. The van der Waals surface area contributed by atoms with Crippen LogP contribution < -0.4 is 5.32 Å². The fourth-order valence-corrected chi connectivity index (χ4v) is 2.57. The Kier molecular flexibility index (Phi) is 6.29. The van der Waals surface area contributed by atoms with E-state index in [0.29, 0.717) is 6.04 Å². The van der Waals surface area contributed by atoms with E-state index in [-0.39, 0.29) is 0 Å². The molecule has 15 heavy (non-hydrogen) atoms. The summed E-state index contributed by atoms with van der Waals surface area (Å²) in [5.74, 6) is 1.27. The first kappa shape index (κ1) is 13.0. The first-order chi connectivity index (χ1) is 7.24. The molecule has 0 aliphatic heterocycles. The minimum absolute atomic E-state index is 0.393. The number of aryl methyl sites for hydroxylation is 1. The lowest BCUT2D eigenvalue weighted by molar-refractivity contribution is 0.546. The molecule has 0 fully saturated rings. The quantitative estimate of drug-likeness (QED) is 0.745. The second kappa shape index (κ2) is 7.25. The van der Waals surface area contributed by atoms with E-state index in [4.69, 9.17) is 0 Å². The van der Waals surface area contributed by atoms with Crippen LogP contribution in [0.1, 0.15) is 36.5 Å². The summed E-state index contributed by atoms with van der Waals surface area (Å²) in [6.45, 7) is 5.33. The number of rotatable bonds is 7. The first-order valence-electron chi connectivity index (χ1n) is 5.38. The van der Waals surface area contributed by atoms with Gasteiger partial charge in [-0.3, -0.25) is 0 Å². The Morgan fingerprint density at radius 2 is 2.33 bits per heavy atom. The summed E-state index contributed by atoms with van der Waals surface area (Å²) < 4.78 is 0. The maximum atomic E-state index is 4.48. The van der Waals surface area contributed by atoms with Crippen molar-refractivity contribution in [1.29, 1.82) is 0 Å². The van der Waals surface area contributed by atoms with Gasteiger partial charge in [0.05, 0.1) is 10.7 Å². The van der Waals surface area contributed by atoms with Gasteiger partial charge < -0.3 is 5.32 Å². The van der Waals surface area contributed by atoms with Crippen LogP contribution in [0, 0.1) is 6.92 Å². The largest absolute Gasteiger partial charge is 0.309 e. The summed E-state index contributed by atoms with van der Waals surface area (Å²) in [5.41, 5.74) is 1.18. The molecule has 1 aromatic rings. The average Bonchev–Trinajstić information content (AvgIpc) is 2.64. The molecule has 1 atom stereocenters. The topological polar surface area (TPSA) is 24.9 Å². The van der Waals surface area contributed by atoms with E-state index in [0.717, 1.165) is 11.6 Å². The van der Waals surface area contributed by atoms with Gasteiger partial charge in [0.1, 0.15) is 0 Å². The molecule has 86 valence electrons. The number of unbranched alkanes of at least 4 members (excludes halogenated alkanes) is 1. The highest BCUT2D eigenvalue weighted by Crippen LogP contribution is 2.15. The molecule has 0 radical (unpaired) electrons. The Morgan fingerprint density at radius 3 is 2.93 bits per heavy atom. The van der Waals surface area contributed by atoms with Crippen molar-refractivity contribution in [2.24, 2.45) is 0 Å². The number of nitrogens with one attached hydrogen (secondary N) is 1. The Labute approximate surface area is 101 Å². The zero-order chi connectivity index (χ0) is 11.1. The van der Waals surface area contributed by atoms with E-state index >= 15 is 0 Å². The predicted octanol–water partition coefficient (Wildman–Crippen LogP) is 3.25. The number of thioether (sulfide) groups is 1. The molecule has 0 amide bonds. The Bertz CT molecular complexity index is 273. The van der Waals surface area contributed by atoms with E-state index in [9.17, 15) is 0 Å². The highest BCUT2D eigenvalue weighted by molar-refractivity contribution is 7.98. The van der Waals surface area contributed by atoms with Crippen molar-refractivity contribution in [3.63, 3.8) is 0 Å². The van der Waals surface area contributed by atoms with Gasteiger partial charge in [0, 0.05) is 11.4 Å². The minimum atomic E-state index is 0.393. The van der Waals surface area contributed by atoms with E-state index < -0.39 is 0 Å². The van der Waals surface area contributed by atoms with Gasteiger partial charge in [0.25, 0.3) is 0 Å². The lowest BCUT2D eigenvalue weighted by Crippen LogP contribution is -2.20. The smallest absolute Gasteiger partial charge is 0.0898 e. The molecular formula is C11H20N2S2. The maximum Gasteiger partial charge on any atom is 0.0898 e. The monoisotopic (exact) mass is 244 g/mol. The summed E-state index contributed by atoms with van der Waals surface area (Å²) in [7, 11) is 0. The van der Waals surface area contributed by atoms with Gasteiger partial charge in [-0.05, 0) is 45.2 Å². The van der Waals surface area contributed by atoms with Crippen molar-refractivity contribution in [2.45, 2.75) is 32.7 Å². The van der Waals surface area contributed by atoms with Crippen molar-refractivity contribution < 1.29 is 0 Å². The van der Waals surface area contributed by atoms with Crippen molar-refractivity contribution in [2.75, 3.05) is 18.6 Å². The van der Waals surface area contributed by atoms with Gasteiger partial charge in [-0.25, -0.2) is 4.98 Å². The van der Waals surface area contributed by atoms with Crippen LogP contribution in [0.4, 0.5) is 0 Å². The highest BCUT2D eigenvalue weighted by atomic mass is 32.2. The molecule has 0 saturated heterocycles. The van der Waals surface area contributed by atoms with Gasteiger partial charge in [0.2, 0.25) is 0 Å². The van der Waals surface area contributed by atoms with E-state index in [1.807, 2.05) is 11.8 Å². The molecule has 0 spiro atoms. The first-order valence-corrected chi connectivity index (χ1v) is 7.65. The molecule has 1 unspecified atom stereocenters. The van der Waals surface area contributed by atoms with Crippen LogP contribution in [-0.2, 0) is 0 Å². The molecule has 4 heteroatoms. The number of thiazole rings is 1. The number of hydrogen-bond donors (Lipinski definition) is 1. The molecule has 0 bridgehead atoms. The van der Waals surface area contributed by atoms with E-state index in [1.54, 1.807) is 11.3 Å². The van der Waals surface area contributed by atoms with Crippen molar-refractivity contribution in [1.82, 2.24) is 10.3 Å². The van der Waals surface area contributed by atoms with Crippen LogP contribution in [0.2, 0.25) is 0 Å². The van der Waals surface area contributed by atoms with Crippen molar-refractivity contribution >= 4 is 23.1 Å². The Balaban J connectivity index is 2.16. The second-order valence-electron chi connectivity index (χ2n) is 3.67. The van der Waals surface area contributed by atoms with Crippen LogP contribution in [0.15, 0.2) is 5.38 Å². The zero-order valence-corrected chi connectivity index (χ0v) is 11.4. The van der Waals surface area contributed by atoms with Gasteiger partial charge in [-0.1, -0.05) is 0 Å². The lowest BCUT2D eigenvalue weighted by atomic mass is 10.2. The molecular weight excluding hydrogens is 224 g/mol. The Morgan fingerprint density at radius 1 is 1.53 bits per heavy atom. The second-order valence-corrected chi connectivity index (χ2v) is 5.71. The van der Waals surface area contributed by atoms with Gasteiger partial charge in [-0.2, -0.15) is 11.8 Å². The summed E-state index contributed by atoms with van der Waals surface area (Å²) >= 11 is 3.65. The van der Waals surface area contributed by atoms with Gasteiger partial charge in [-0.15, -0.1) is 11.3 Å².